The second-order valence-corrected chi connectivity index (χ2v) is 6.22. The molecule has 130 valence electrons. The standard InChI is InChI=1S/C17H23N3O4/c1-23-15-5-3-2-4-12(15)6-18-16(21)9-20-7-13-10-24-11-14(8-20)19-17(13)22/h2-5,13-14H,6-11H2,1H3,(H,18,21)(H,19,22)/t13-,14+/m1/s1. The summed E-state index contributed by atoms with van der Waals surface area (Å²) in [5.41, 5.74) is 0.936. The van der Waals surface area contributed by atoms with E-state index in [0.717, 1.165) is 11.3 Å². The zero-order valence-electron chi connectivity index (χ0n) is 13.8. The highest BCUT2D eigenvalue weighted by Gasteiger charge is 2.33. The van der Waals surface area contributed by atoms with E-state index in [1.54, 1.807) is 7.11 Å². The smallest absolute Gasteiger partial charge is 0.234 e. The molecule has 0 unspecified atom stereocenters. The first-order valence-corrected chi connectivity index (χ1v) is 8.15. The van der Waals surface area contributed by atoms with Crippen LogP contribution in [0.5, 0.6) is 5.75 Å². The van der Waals surface area contributed by atoms with Gasteiger partial charge >= 0.3 is 0 Å². The quantitative estimate of drug-likeness (QED) is 0.777. The number of fused-ring (bicyclic) bond motifs is 3. The van der Waals surface area contributed by atoms with E-state index in [1.807, 2.05) is 29.2 Å². The number of rotatable bonds is 5. The minimum Gasteiger partial charge on any atom is -0.496 e. The van der Waals surface area contributed by atoms with Gasteiger partial charge in [0.25, 0.3) is 0 Å². The molecule has 0 aliphatic carbocycles. The molecule has 0 radical (unpaired) electrons. The van der Waals surface area contributed by atoms with Gasteiger partial charge in [-0.1, -0.05) is 18.2 Å². The Morgan fingerprint density at radius 1 is 1.38 bits per heavy atom. The number of amides is 2. The Morgan fingerprint density at radius 3 is 3.04 bits per heavy atom. The number of nitrogens with one attached hydrogen (secondary N) is 2. The monoisotopic (exact) mass is 333 g/mol. The number of ether oxygens (including phenoxy) is 2. The molecule has 0 spiro atoms. The van der Waals surface area contributed by atoms with Gasteiger partial charge in [0.2, 0.25) is 11.8 Å². The lowest BCUT2D eigenvalue weighted by Crippen LogP contribution is -2.45. The van der Waals surface area contributed by atoms with E-state index >= 15 is 0 Å². The number of benzene rings is 1. The number of nitrogens with zero attached hydrogens (tertiary/aromatic N) is 1. The van der Waals surface area contributed by atoms with Gasteiger partial charge in [-0.25, -0.2) is 0 Å². The normalized spacial score (nSPS) is 24.0. The molecule has 3 rings (SSSR count). The van der Waals surface area contributed by atoms with Crippen molar-refractivity contribution in [3.63, 3.8) is 0 Å². The van der Waals surface area contributed by atoms with Crippen molar-refractivity contribution in [3.05, 3.63) is 29.8 Å². The number of hydrogen-bond donors (Lipinski definition) is 2. The molecule has 2 aliphatic heterocycles. The second-order valence-electron chi connectivity index (χ2n) is 6.22. The lowest BCUT2D eigenvalue weighted by Gasteiger charge is -2.26. The van der Waals surface area contributed by atoms with E-state index in [1.165, 1.54) is 0 Å². The van der Waals surface area contributed by atoms with E-state index in [9.17, 15) is 9.59 Å². The van der Waals surface area contributed by atoms with Crippen molar-refractivity contribution in [1.29, 1.82) is 0 Å². The number of para-hydroxylation sites is 1. The third-order valence-corrected chi connectivity index (χ3v) is 4.35. The summed E-state index contributed by atoms with van der Waals surface area (Å²) in [4.78, 5) is 26.3. The zero-order valence-corrected chi connectivity index (χ0v) is 13.8. The van der Waals surface area contributed by atoms with Crippen LogP contribution in [0, 0.1) is 5.92 Å². The minimum absolute atomic E-state index is 0.0226. The average molecular weight is 333 g/mol. The van der Waals surface area contributed by atoms with Gasteiger partial charge in [-0.2, -0.15) is 0 Å². The molecule has 2 saturated heterocycles. The minimum atomic E-state index is -0.209. The summed E-state index contributed by atoms with van der Waals surface area (Å²) < 4.78 is 10.8. The van der Waals surface area contributed by atoms with E-state index in [4.69, 9.17) is 9.47 Å². The summed E-state index contributed by atoms with van der Waals surface area (Å²) in [5, 5.41) is 5.88. The van der Waals surface area contributed by atoms with Gasteiger partial charge in [-0.3, -0.25) is 14.5 Å². The van der Waals surface area contributed by atoms with Crippen LogP contribution >= 0.6 is 0 Å². The molecule has 2 atom stereocenters. The highest BCUT2D eigenvalue weighted by molar-refractivity contribution is 5.81. The second kappa shape index (κ2) is 7.63. The van der Waals surface area contributed by atoms with Gasteiger partial charge in [0.05, 0.1) is 38.8 Å². The maximum Gasteiger partial charge on any atom is 0.234 e. The first kappa shape index (κ1) is 16.7. The van der Waals surface area contributed by atoms with E-state index in [2.05, 4.69) is 10.6 Å². The van der Waals surface area contributed by atoms with Crippen LogP contribution in [0.15, 0.2) is 24.3 Å². The molecule has 7 heteroatoms. The van der Waals surface area contributed by atoms with Crippen LogP contribution in [0.1, 0.15) is 5.56 Å². The van der Waals surface area contributed by atoms with Crippen molar-refractivity contribution in [3.8, 4) is 5.75 Å². The Balaban J connectivity index is 1.54. The van der Waals surface area contributed by atoms with Crippen LogP contribution < -0.4 is 15.4 Å². The molecule has 24 heavy (non-hydrogen) atoms. The van der Waals surface area contributed by atoms with Crippen LogP contribution in [0.4, 0.5) is 0 Å². The van der Waals surface area contributed by atoms with Crippen LogP contribution in [0.2, 0.25) is 0 Å². The summed E-state index contributed by atoms with van der Waals surface area (Å²) >= 11 is 0. The first-order valence-electron chi connectivity index (χ1n) is 8.15. The molecule has 0 aromatic heterocycles. The van der Waals surface area contributed by atoms with Gasteiger partial charge in [0.1, 0.15) is 5.75 Å². The maximum absolute atomic E-state index is 12.3. The number of methoxy groups -OCH3 is 1. The van der Waals surface area contributed by atoms with Gasteiger partial charge in [0, 0.05) is 25.2 Å². The fourth-order valence-corrected chi connectivity index (χ4v) is 3.15. The molecule has 0 saturated carbocycles. The van der Waals surface area contributed by atoms with Gasteiger partial charge < -0.3 is 20.1 Å². The van der Waals surface area contributed by atoms with E-state index < -0.39 is 0 Å². The predicted octanol–water partition coefficient (Wildman–Crippen LogP) is -0.242. The highest BCUT2D eigenvalue weighted by atomic mass is 16.5. The molecular formula is C17H23N3O4. The van der Waals surface area contributed by atoms with Crippen LogP contribution in [0.3, 0.4) is 0 Å². The Bertz CT molecular complexity index is 607. The Hall–Kier alpha value is -2.12. The molecule has 2 N–H and O–H groups in total. The fraction of sp³-hybridized carbons (Fsp3) is 0.529. The van der Waals surface area contributed by atoms with Crippen LogP contribution in [0.25, 0.3) is 0 Å². The van der Waals surface area contributed by atoms with Crippen molar-refractivity contribution < 1.29 is 19.1 Å². The molecule has 2 amide bonds. The summed E-state index contributed by atoms with van der Waals surface area (Å²) in [6, 6.07) is 7.56. The first-order chi connectivity index (χ1) is 11.7. The van der Waals surface area contributed by atoms with Crippen molar-refractivity contribution in [2.24, 2.45) is 5.92 Å². The molecule has 1 aromatic carbocycles. The fourth-order valence-electron chi connectivity index (χ4n) is 3.15. The highest BCUT2D eigenvalue weighted by Crippen LogP contribution is 2.17. The topological polar surface area (TPSA) is 79.9 Å². The molecule has 2 heterocycles. The molecule has 1 aromatic rings. The molecule has 2 aliphatic rings. The molecular weight excluding hydrogens is 310 g/mol. The van der Waals surface area contributed by atoms with Gasteiger partial charge in [-0.05, 0) is 6.07 Å². The lowest BCUT2D eigenvalue weighted by atomic mass is 10.1. The predicted molar refractivity (Wildman–Crippen MR) is 87.5 cm³/mol. The Labute approximate surface area is 141 Å². The summed E-state index contributed by atoms with van der Waals surface area (Å²) in [6.45, 7) is 2.79. The number of carbonyl (C=O) groups excluding carboxylic acids is 2. The lowest BCUT2D eigenvalue weighted by molar-refractivity contribution is -0.126. The van der Waals surface area contributed by atoms with Crippen molar-refractivity contribution in [2.75, 3.05) is 40.0 Å². The van der Waals surface area contributed by atoms with E-state index in [-0.39, 0.29) is 30.3 Å². The SMILES string of the molecule is COc1ccccc1CNC(=O)CN1C[C@H]2COC[C@@H](C1)C(=O)N2. The summed E-state index contributed by atoms with van der Waals surface area (Å²) in [7, 11) is 1.61. The number of carbonyl (C=O) groups is 2. The zero-order chi connectivity index (χ0) is 16.9. The van der Waals surface area contributed by atoms with Crippen molar-refractivity contribution in [1.82, 2.24) is 15.5 Å². The maximum atomic E-state index is 12.3. The molecule has 2 fully saturated rings. The Morgan fingerprint density at radius 2 is 2.21 bits per heavy atom. The average Bonchev–Trinajstić information content (AvgIpc) is 2.82. The van der Waals surface area contributed by atoms with Crippen molar-refractivity contribution >= 4 is 11.8 Å². The van der Waals surface area contributed by atoms with Crippen LogP contribution in [-0.4, -0.2) is 62.7 Å². The van der Waals surface area contributed by atoms with Gasteiger partial charge in [-0.15, -0.1) is 0 Å². The van der Waals surface area contributed by atoms with Crippen molar-refractivity contribution in [2.45, 2.75) is 12.6 Å². The van der Waals surface area contributed by atoms with Gasteiger partial charge in [0.15, 0.2) is 0 Å². The largest absolute Gasteiger partial charge is 0.496 e. The van der Waals surface area contributed by atoms with Crippen LogP contribution in [-0.2, 0) is 20.9 Å². The third-order valence-electron chi connectivity index (χ3n) is 4.35. The molecule has 7 nitrogen and oxygen atoms in total. The van der Waals surface area contributed by atoms with E-state index in [0.29, 0.717) is 32.8 Å². The number of hydrogen-bond acceptors (Lipinski definition) is 5. The third kappa shape index (κ3) is 4.04. The summed E-state index contributed by atoms with van der Waals surface area (Å²) in [6.07, 6.45) is 0. The summed E-state index contributed by atoms with van der Waals surface area (Å²) in [5.74, 6) is 0.511. The molecule has 2 bridgehead atoms. The Kier molecular flexibility index (Phi) is 5.32.